The van der Waals surface area contributed by atoms with Crippen LogP contribution in [0.4, 0.5) is 5.82 Å². The van der Waals surface area contributed by atoms with Crippen LogP contribution in [0.25, 0.3) is 0 Å². The van der Waals surface area contributed by atoms with Crippen LogP contribution in [0, 0.1) is 0 Å². The highest BCUT2D eigenvalue weighted by Crippen LogP contribution is 2.20. The number of anilines is 1. The summed E-state index contributed by atoms with van der Waals surface area (Å²) in [6.45, 7) is 3.44. The molecule has 1 heterocycles. The highest BCUT2D eigenvalue weighted by atomic mass is 16.5. The maximum absolute atomic E-state index is 11.6. The first-order valence-corrected chi connectivity index (χ1v) is 5.49. The fourth-order valence-corrected chi connectivity index (χ4v) is 1.54. The first kappa shape index (κ1) is 14.0. The Labute approximate surface area is 105 Å². The lowest BCUT2D eigenvalue weighted by Crippen LogP contribution is -2.37. The lowest BCUT2D eigenvalue weighted by Gasteiger charge is -2.27. The molecular weight excluding hydrogens is 236 g/mol. The Hall–Kier alpha value is -2.11. The van der Waals surface area contributed by atoms with E-state index in [1.165, 1.54) is 18.2 Å². The van der Waals surface area contributed by atoms with Gasteiger partial charge in [0.15, 0.2) is 0 Å². The fraction of sp³-hybridized carbons (Fsp3) is 0.417. The molecule has 98 valence electrons. The monoisotopic (exact) mass is 252 g/mol. The molecule has 0 aliphatic rings. The summed E-state index contributed by atoms with van der Waals surface area (Å²) in [6, 6.07) is 3.07. The zero-order valence-electron chi connectivity index (χ0n) is 10.6. The minimum Gasteiger partial charge on any atom is -0.480 e. The lowest BCUT2D eigenvalue weighted by molar-refractivity contribution is -0.135. The van der Waals surface area contributed by atoms with Crippen LogP contribution in [0.15, 0.2) is 18.3 Å². The van der Waals surface area contributed by atoms with E-state index in [1.807, 2.05) is 13.8 Å². The van der Waals surface area contributed by atoms with Crippen molar-refractivity contribution in [1.82, 2.24) is 4.98 Å². The number of methoxy groups -OCH3 is 1. The average Bonchev–Trinajstić information content (AvgIpc) is 2.34. The maximum atomic E-state index is 11.6. The van der Waals surface area contributed by atoms with Gasteiger partial charge < -0.3 is 14.7 Å². The number of hydrogen-bond donors (Lipinski definition) is 1. The Morgan fingerprint density at radius 3 is 2.67 bits per heavy atom. The number of carboxylic acids is 1. The minimum atomic E-state index is -0.981. The lowest BCUT2D eigenvalue weighted by atomic mass is 10.2. The Bertz CT molecular complexity index is 445. The number of ether oxygens (including phenoxy) is 1. The summed E-state index contributed by atoms with van der Waals surface area (Å²) in [5.74, 6) is -1.19. The van der Waals surface area contributed by atoms with Gasteiger partial charge in [0.25, 0.3) is 0 Å². The van der Waals surface area contributed by atoms with Crippen molar-refractivity contribution >= 4 is 17.8 Å². The second-order valence-electron chi connectivity index (χ2n) is 3.98. The predicted molar refractivity (Wildman–Crippen MR) is 65.7 cm³/mol. The molecule has 0 fully saturated rings. The van der Waals surface area contributed by atoms with Gasteiger partial charge in [0, 0.05) is 12.2 Å². The molecule has 0 spiro atoms. The largest absolute Gasteiger partial charge is 0.480 e. The molecule has 0 atom stereocenters. The van der Waals surface area contributed by atoms with Gasteiger partial charge in [0.2, 0.25) is 0 Å². The number of carboxylic acid groups (broad SMARTS) is 1. The van der Waals surface area contributed by atoms with Crippen molar-refractivity contribution in [3.05, 3.63) is 23.9 Å². The third kappa shape index (κ3) is 3.19. The first-order valence-electron chi connectivity index (χ1n) is 5.49. The zero-order valence-corrected chi connectivity index (χ0v) is 10.6. The molecule has 0 saturated carbocycles. The number of carbonyl (C=O) groups is 2. The topological polar surface area (TPSA) is 79.7 Å². The van der Waals surface area contributed by atoms with E-state index >= 15 is 0 Å². The quantitative estimate of drug-likeness (QED) is 0.792. The summed E-state index contributed by atoms with van der Waals surface area (Å²) >= 11 is 0. The van der Waals surface area contributed by atoms with Crippen LogP contribution < -0.4 is 4.90 Å². The molecule has 0 radical (unpaired) electrons. The number of nitrogens with zero attached hydrogens (tertiary/aromatic N) is 2. The first-order chi connectivity index (χ1) is 8.47. The van der Waals surface area contributed by atoms with E-state index in [1.54, 1.807) is 12.1 Å². The molecule has 18 heavy (non-hydrogen) atoms. The van der Waals surface area contributed by atoms with Crippen LogP contribution in [-0.2, 0) is 9.53 Å². The molecule has 1 aromatic rings. The van der Waals surface area contributed by atoms with E-state index in [2.05, 4.69) is 9.72 Å². The van der Waals surface area contributed by atoms with Crippen LogP contribution in [0.5, 0.6) is 0 Å². The zero-order chi connectivity index (χ0) is 13.7. The number of aliphatic carboxylic acids is 1. The molecule has 0 bridgehead atoms. The molecule has 0 aliphatic carbocycles. The maximum Gasteiger partial charge on any atom is 0.341 e. The molecule has 0 amide bonds. The predicted octanol–water partition coefficient (Wildman–Crippen LogP) is 1.17. The average molecular weight is 252 g/mol. The molecule has 0 saturated heterocycles. The van der Waals surface area contributed by atoms with E-state index in [9.17, 15) is 9.59 Å². The molecular formula is C12H16N2O4. The Morgan fingerprint density at radius 1 is 1.50 bits per heavy atom. The van der Waals surface area contributed by atoms with Crippen molar-refractivity contribution in [3.63, 3.8) is 0 Å². The Kier molecular flexibility index (Phi) is 4.65. The third-order valence-electron chi connectivity index (χ3n) is 2.39. The Morgan fingerprint density at radius 2 is 2.17 bits per heavy atom. The van der Waals surface area contributed by atoms with Gasteiger partial charge in [-0.15, -0.1) is 0 Å². The molecule has 1 N–H and O–H groups in total. The van der Waals surface area contributed by atoms with Gasteiger partial charge in [0.1, 0.15) is 17.9 Å². The van der Waals surface area contributed by atoms with E-state index in [0.29, 0.717) is 5.82 Å². The summed E-state index contributed by atoms with van der Waals surface area (Å²) < 4.78 is 4.66. The standard InChI is InChI=1S/C12H16N2O4/c1-8(2)14(7-10(15)16)11-9(12(17)18-3)5-4-6-13-11/h4-6,8H,7H2,1-3H3,(H,15,16). The number of esters is 1. The number of pyridine rings is 1. The molecule has 0 aromatic carbocycles. The molecule has 6 nitrogen and oxygen atoms in total. The highest BCUT2D eigenvalue weighted by molar-refractivity contribution is 5.95. The number of carbonyl (C=O) groups excluding carboxylic acids is 1. The van der Waals surface area contributed by atoms with Crippen LogP contribution in [-0.4, -0.2) is 41.7 Å². The normalized spacial score (nSPS) is 10.2. The SMILES string of the molecule is COC(=O)c1cccnc1N(CC(=O)O)C(C)C. The second-order valence-corrected chi connectivity index (χ2v) is 3.98. The van der Waals surface area contributed by atoms with Crippen LogP contribution in [0.1, 0.15) is 24.2 Å². The van der Waals surface area contributed by atoms with E-state index in [4.69, 9.17) is 5.11 Å². The minimum absolute atomic E-state index is 0.0978. The van der Waals surface area contributed by atoms with Crippen molar-refractivity contribution in [2.75, 3.05) is 18.6 Å². The molecule has 1 aromatic heterocycles. The Balaban J connectivity index is 3.19. The van der Waals surface area contributed by atoms with Gasteiger partial charge in [-0.1, -0.05) is 0 Å². The number of rotatable bonds is 5. The summed E-state index contributed by atoms with van der Waals surface area (Å²) in [5, 5.41) is 8.90. The van der Waals surface area contributed by atoms with Gasteiger partial charge in [-0.2, -0.15) is 0 Å². The van der Waals surface area contributed by atoms with Gasteiger partial charge in [-0.25, -0.2) is 9.78 Å². The van der Waals surface area contributed by atoms with E-state index in [0.717, 1.165) is 0 Å². The van der Waals surface area contributed by atoms with Crippen molar-refractivity contribution in [1.29, 1.82) is 0 Å². The summed E-state index contributed by atoms with van der Waals surface area (Å²) in [6.07, 6.45) is 1.51. The van der Waals surface area contributed by atoms with Gasteiger partial charge in [-0.3, -0.25) is 4.79 Å². The number of hydrogen-bond acceptors (Lipinski definition) is 5. The van der Waals surface area contributed by atoms with Gasteiger partial charge >= 0.3 is 11.9 Å². The molecule has 0 unspecified atom stereocenters. The van der Waals surface area contributed by atoms with Crippen molar-refractivity contribution in [2.24, 2.45) is 0 Å². The van der Waals surface area contributed by atoms with Gasteiger partial charge in [-0.05, 0) is 26.0 Å². The summed E-state index contributed by atoms with van der Waals surface area (Å²) in [7, 11) is 1.27. The van der Waals surface area contributed by atoms with Crippen LogP contribution >= 0.6 is 0 Å². The van der Waals surface area contributed by atoms with E-state index < -0.39 is 11.9 Å². The van der Waals surface area contributed by atoms with Crippen molar-refractivity contribution < 1.29 is 19.4 Å². The number of aromatic nitrogens is 1. The van der Waals surface area contributed by atoms with Crippen LogP contribution in [0.3, 0.4) is 0 Å². The molecule has 6 heteroatoms. The third-order valence-corrected chi connectivity index (χ3v) is 2.39. The second kappa shape index (κ2) is 6.00. The molecule has 0 aliphatic heterocycles. The highest BCUT2D eigenvalue weighted by Gasteiger charge is 2.22. The molecule has 1 rings (SSSR count). The van der Waals surface area contributed by atoms with Gasteiger partial charge in [0.05, 0.1) is 7.11 Å². The summed E-state index contributed by atoms with van der Waals surface area (Å²) in [4.78, 5) is 28.1. The fourth-order valence-electron chi connectivity index (χ4n) is 1.54. The van der Waals surface area contributed by atoms with Crippen molar-refractivity contribution in [3.8, 4) is 0 Å². The smallest absolute Gasteiger partial charge is 0.341 e. The van der Waals surface area contributed by atoms with Crippen molar-refractivity contribution in [2.45, 2.75) is 19.9 Å². The van der Waals surface area contributed by atoms with E-state index in [-0.39, 0.29) is 18.2 Å². The summed E-state index contributed by atoms with van der Waals surface area (Å²) in [5.41, 5.74) is 0.259. The van der Waals surface area contributed by atoms with Crippen LogP contribution in [0.2, 0.25) is 0 Å².